The van der Waals surface area contributed by atoms with Gasteiger partial charge in [-0.05, 0) is 43.5 Å². The van der Waals surface area contributed by atoms with Gasteiger partial charge < -0.3 is 0 Å². The number of aryl methyl sites for hydroxylation is 1. The topological polar surface area (TPSA) is 54.4 Å². The van der Waals surface area contributed by atoms with E-state index in [2.05, 4.69) is 23.5 Å². The molecule has 0 unspecified atom stereocenters. The average Bonchev–Trinajstić information content (AvgIpc) is 3.40. The molecule has 0 spiro atoms. The molecule has 0 aliphatic heterocycles. The summed E-state index contributed by atoms with van der Waals surface area (Å²) in [5.74, 6) is 0.308. The van der Waals surface area contributed by atoms with Crippen LogP contribution < -0.4 is 5.43 Å². The van der Waals surface area contributed by atoms with Crippen molar-refractivity contribution >= 4 is 34.4 Å². The van der Waals surface area contributed by atoms with Gasteiger partial charge in [-0.25, -0.2) is 5.43 Å². The lowest BCUT2D eigenvalue weighted by Crippen LogP contribution is -2.18. The summed E-state index contributed by atoms with van der Waals surface area (Å²) in [6.45, 7) is 2.13. The van der Waals surface area contributed by atoms with E-state index in [4.69, 9.17) is 4.98 Å². The molecule has 0 saturated heterocycles. The molecule has 1 aliphatic rings. The highest BCUT2D eigenvalue weighted by Gasteiger charge is 2.26. The number of fused-ring (bicyclic) bond motifs is 1. The van der Waals surface area contributed by atoms with E-state index in [1.54, 1.807) is 17.6 Å². The zero-order valence-electron chi connectivity index (χ0n) is 14.0. The van der Waals surface area contributed by atoms with Gasteiger partial charge in [0, 0.05) is 26.8 Å². The largest absolute Gasteiger partial charge is 0.272 e. The number of pyridine rings is 1. The van der Waals surface area contributed by atoms with Crippen molar-refractivity contribution in [3.63, 3.8) is 0 Å². The standard InChI is InChI=1S/C20H19N3OS/c1-2-14-9-10-15(25-14)12-21-23-20(24)17-11-19(13-7-8-13)22-18-6-4-3-5-16(17)18/h3-6,9-13H,2,7-8H2,1H3,(H,23,24)/b21-12+. The van der Waals surface area contributed by atoms with Crippen LogP contribution in [-0.2, 0) is 6.42 Å². The smallest absolute Gasteiger partial charge is 0.267 e. The summed E-state index contributed by atoms with van der Waals surface area (Å²) in [5, 5.41) is 4.99. The predicted molar refractivity (Wildman–Crippen MR) is 102 cm³/mol. The van der Waals surface area contributed by atoms with Crippen molar-refractivity contribution < 1.29 is 4.79 Å². The quantitative estimate of drug-likeness (QED) is 0.545. The van der Waals surface area contributed by atoms with E-state index in [0.29, 0.717) is 11.5 Å². The zero-order valence-corrected chi connectivity index (χ0v) is 14.8. The molecule has 1 fully saturated rings. The lowest BCUT2D eigenvalue weighted by atomic mass is 10.1. The van der Waals surface area contributed by atoms with Crippen LogP contribution in [0.3, 0.4) is 0 Å². The summed E-state index contributed by atoms with van der Waals surface area (Å²) >= 11 is 1.69. The van der Waals surface area contributed by atoms with Gasteiger partial charge >= 0.3 is 0 Å². The van der Waals surface area contributed by atoms with E-state index in [1.165, 1.54) is 4.88 Å². The third kappa shape index (κ3) is 3.46. The van der Waals surface area contributed by atoms with Crippen molar-refractivity contribution in [1.82, 2.24) is 10.4 Å². The molecule has 1 amide bonds. The summed E-state index contributed by atoms with van der Waals surface area (Å²) in [7, 11) is 0. The van der Waals surface area contributed by atoms with Crippen LogP contribution in [-0.4, -0.2) is 17.1 Å². The van der Waals surface area contributed by atoms with E-state index in [1.807, 2.05) is 36.4 Å². The monoisotopic (exact) mass is 349 g/mol. The van der Waals surface area contributed by atoms with Crippen molar-refractivity contribution in [3.8, 4) is 0 Å². The average molecular weight is 349 g/mol. The van der Waals surface area contributed by atoms with E-state index in [-0.39, 0.29) is 5.91 Å². The minimum absolute atomic E-state index is 0.191. The third-order valence-corrected chi connectivity index (χ3v) is 5.53. The zero-order chi connectivity index (χ0) is 17.2. The molecule has 1 aliphatic carbocycles. The number of hydrogen-bond donors (Lipinski definition) is 1. The maximum atomic E-state index is 12.7. The molecule has 3 aromatic rings. The Balaban J connectivity index is 1.58. The predicted octanol–water partition coefficient (Wildman–Crippen LogP) is 4.50. The highest BCUT2D eigenvalue weighted by Crippen LogP contribution is 2.40. The van der Waals surface area contributed by atoms with Crippen LogP contribution in [0, 0.1) is 0 Å². The van der Waals surface area contributed by atoms with Crippen molar-refractivity contribution in [3.05, 3.63) is 63.5 Å². The number of benzene rings is 1. The normalized spacial score (nSPS) is 14.3. The van der Waals surface area contributed by atoms with E-state index >= 15 is 0 Å². The molecule has 1 aromatic carbocycles. The minimum atomic E-state index is -0.191. The Labute approximate surface area is 150 Å². The summed E-state index contributed by atoms with van der Waals surface area (Å²) in [5.41, 5.74) is 5.19. The first-order valence-corrected chi connectivity index (χ1v) is 9.38. The first-order chi connectivity index (χ1) is 12.2. The van der Waals surface area contributed by atoms with E-state index in [9.17, 15) is 4.79 Å². The number of rotatable bonds is 5. The number of thiophene rings is 1. The Bertz CT molecular complexity index is 956. The second-order valence-electron chi connectivity index (χ2n) is 6.24. The number of hydrazone groups is 1. The molecule has 126 valence electrons. The Hall–Kier alpha value is -2.53. The number of aromatic nitrogens is 1. The second kappa shape index (κ2) is 6.76. The molecule has 2 aromatic heterocycles. The Morgan fingerprint density at radius 3 is 2.92 bits per heavy atom. The molecule has 4 rings (SSSR count). The first kappa shape index (κ1) is 16.0. The van der Waals surface area contributed by atoms with E-state index < -0.39 is 0 Å². The Kier molecular flexibility index (Phi) is 4.32. The van der Waals surface area contributed by atoms with Gasteiger partial charge in [-0.1, -0.05) is 25.1 Å². The lowest BCUT2D eigenvalue weighted by Gasteiger charge is -2.08. The van der Waals surface area contributed by atoms with Crippen LogP contribution >= 0.6 is 11.3 Å². The third-order valence-electron chi connectivity index (χ3n) is 4.37. The van der Waals surface area contributed by atoms with Crippen molar-refractivity contribution in [1.29, 1.82) is 0 Å². The summed E-state index contributed by atoms with van der Waals surface area (Å²) < 4.78 is 0. The number of carbonyl (C=O) groups is 1. The van der Waals surface area contributed by atoms with E-state index in [0.717, 1.165) is 40.7 Å². The first-order valence-electron chi connectivity index (χ1n) is 8.56. The fourth-order valence-electron chi connectivity index (χ4n) is 2.84. The van der Waals surface area contributed by atoms with Crippen molar-refractivity contribution in [2.24, 2.45) is 5.10 Å². The van der Waals surface area contributed by atoms with Gasteiger partial charge in [-0.2, -0.15) is 5.10 Å². The van der Waals surface area contributed by atoms with Gasteiger partial charge in [0.25, 0.3) is 5.91 Å². The molecule has 1 N–H and O–H groups in total. The van der Waals surface area contributed by atoms with Crippen LogP contribution in [0.5, 0.6) is 0 Å². The van der Waals surface area contributed by atoms with Crippen LogP contribution in [0.2, 0.25) is 0 Å². The number of carbonyl (C=O) groups excluding carboxylic acids is 1. The molecular weight excluding hydrogens is 330 g/mol. The maximum absolute atomic E-state index is 12.7. The van der Waals surface area contributed by atoms with Gasteiger partial charge in [0.05, 0.1) is 17.3 Å². The molecule has 1 saturated carbocycles. The molecule has 0 bridgehead atoms. The van der Waals surface area contributed by atoms with Gasteiger partial charge in [0.15, 0.2) is 0 Å². The van der Waals surface area contributed by atoms with Gasteiger partial charge in [0.1, 0.15) is 0 Å². The van der Waals surface area contributed by atoms with Crippen LogP contribution in [0.1, 0.15) is 51.5 Å². The van der Waals surface area contributed by atoms with Crippen molar-refractivity contribution in [2.45, 2.75) is 32.1 Å². The molecule has 0 radical (unpaired) electrons. The summed E-state index contributed by atoms with van der Waals surface area (Å²) in [4.78, 5) is 19.7. The number of nitrogens with one attached hydrogen (secondary N) is 1. The van der Waals surface area contributed by atoms with Gasteiger partial charge in [-0.3, -0.25) is 9.78 Å². The summed E-state index contributed by atoms with van der Waals surface area (Å²) in [6, 6.07) is 13.8. The summed E-state index contributed by atoms with van der Waals surface area (Å²) in [6.07, 6.45) is 5.02. The highest BCUT2D eigenvalue weighted by molar-refractivity contribution is 7.13. The molecule has 5 heteroatoms. The minimum Gasteiger partial charge on any atom is -0.267 e. The molecular formula is C20H19N3OS. The Morgan fingerprint density at radius 1 is 1.32 bits per heavy atom. The molecule has 0 atom stereocenters. The molecule has 4 nitrogen and oxygen atoms in total. The highest BCUT2D eigenvalue weighted by atomic mass is 32.1. The van der Waals surface area contributed by atoms with Crippen molar-refractivity contribution in [2.75, 3.05) is 0 Å². The number of nitrogens with zero attached hydrogens (tertiary/aromatic N) is 2. The number of amides is 1. The maximum Gasteiger partial charge on any atom is 0.272 e. The number of para-hydroxylation sites is 1. The number of hydrogen-bond acceptors (Lipinski definition) is 4. The molecule has 2 heterocycles. The Morgan fingerprint density at radius 2 is 2.16 bits per heavy atom. The van der Waals surface area contributed by atoms with Crippen LogP contribution in [0.25, 0.3) is 10.9 Å². The molecule has 25 heavy (non-hydrogen) atoms. The fraction of sp³-hybridized carbons (Fsp3) is 0.250. The van der Waals surface area contributed by atoms with Crippen LogP contribution in [0.15, 0.2) is 47.6 Å². The lowest BCUT2D eigenvalue weighted by molar-refractivity contribution is 0.0956. The van der Waals surface area contributed by atoms with Crippen LogP contribution in [0.4, 0.5) is 0 Å². The van der Waals surface area contributed by atoms with Gasteiger partial charge in [-0.15, -0.1) is 11.3 Å². The van der Waals surface area contributed by atoms with Gasteiger partial charge in [0.2, 0.25) is 0 Å². The fourth-order valence-corrected chi connectivity index (χ4v) is 3.67. The SMILES string of the molecule is CCc1ccc(/C=N/NC(=O)c2cc(C3CC3)nc3ccccc23)s1. The second-order valence-corrected chi connectivity index (χ2v) is 7.44.